The standard InChI is InChI=1S/C19H20N2O3/c22-19(20-11-12-23-14-20)17-13-24-21(16-9-5-2-6-10-16)18(17)15-7-3-1-4-8-15/h1-10,17-18H,11-14H2/t17-,18+/m1/s1. The fraction of sp³-hybridized carbons (Fsp3) is 0.316. The van der Waals surface area contributed by atoms with Crippen LogP contribution in [0.15, 0.2) is 60.7 Å². The number of carbonyl (C=O) groups is 1. The molecule has 2 fully saturated rings. The van der Waals surface area contributed by atoms with Gasteiger partial charge in [0.1, 0.15) is 6.73 Å². The number of para-hydroxylation sites is 1. The Balaban J connectivity index is 1.68. The van der Waals surface area contributed by atoms with E-state index in [0.29, 0.717) is 26.5 Å². The average molecular weight is 324 g/mol. The third-order valence-corrected chi connectivity index (χ3v) is 4.56. The van der Waals surface area contributed by atoms with E-state index in [0.717, 1.165) is 11.3 Å². The van der Waals surface area contributed by atoms with E-state index < -0.39 is 0 Å². The highest BCUT2D eigenvalue weighted by Gasteiger charge is 2.43. The van der Waals surface area contributed by atoms with Gasteiger partial charge in [0.15, 0.2) is 0 Å². The van der Waals surface area contributed by atoms with Crippen LogP contribution in [0.1, 0.15) is 11.6 Å². The molecule has 2 saturated heterocycles. The minimum absolute atomic E-state index is 0.0970. The van der Waals surface area contributed by atoms with Gasteiger partial charge in [-0.3, -0.25) is 9.63 Å². The molecule has 5 heteroatoms. The molecule has 0 unspecified atom stereocenters. The first-order chi connectivity index (χ1) is 11.8. The molecule has 0 spiro atoms. The number of hydrogen-bond donors (Lipinski definition) is 0. The van der Waals surface area contributed by atoms with Crippen molar-refractivity contribution in [1.29, 1.82) is 0 Å². The van der Waals surface area contributed by atoms with Gasteiger partial charge in [-0.2, -0.15) is 0 Å². The van der Waals surface area contributed by atoms with Gasteiger partial charge in [0.25, 0.3) is 0 Å². The van der Waals surface area contributed by atoms with Gasteiger partial charge in [-0.05, 0) is 17.7 Å². The maximum Gasteiger partial charge on any atom is 0.232 e. The van der Waals surface area contributed by atoms with Crippen molar-refractivity contribution in [2.45, 2.75) is 6.04 Å². The van der Waals surface area contributed by atoms with Crippen molar-refractivity contribution in [3.63, 3.8) is 0 Å². The smallest absolute Gasteiger partial charge is 0.232 e. The van der Waals surface area contributed by atoms with Gasteiger partial charge in [-0.15, -0.1) is 0 Å². The summed E-state index contributed by atoms with van der Waals surface area (Å²) in [5.41, 5.74) is 2.04. The van der Waals surface area contributed by atoms with Crippen LogP contribution in [0.5, 0.6) is 0 Å². The minimum Gasteiger partial charge on any atom is -0.359 e. The Bertz CT molecular complexity index is 686. The van der Waals surface area contributed by atoms with E-state index in [1.807, 2.05) is 53.6 Å². The Morgan fingerprint density at radius 3 is 2.38 bits per heavy atom. The van der Waals surface area contributed by atoms with Crippen molar-refractivity contribution in [1.82, 2.24) is 4.90 Å². The van der Waals surface area contributed by atoms with Crippen molar-refractivity contribution in [2.75, 3.05) is 31.6 Å². The van der Waals surface area contributed by atoms with Gasteiger partial charge in [0.05, 0.1) is 30.9 Å². The number of amides is 1. The number of hydrogen-bond acceptors (Lipinski definition) is 4. The van der Waals surface area contributed by atoms with Crippen LogP contribution in [0.3, 0.4) is 0 Å². The number of carbonyl (C=O) groups excluding carboxylic acids is 1. The zero-order chi connectivity index (χ0) is 16.4. The molecule has 0 bridgehead atoms. The monoisotopic (exact) mass is 324 g/mol. The molecule has 0 radical (unpaired) electrons. The number of nitrogens with zero attached hydrogens (tertiary/aromatic N) is 2. The molecule has 2 aliphatic rings. The summed E-state index contributed by atoms with van der Waals surface area (Å²) >= 11 is 0. The Kier molecular flexibility index (Phi) is 4.19. The average Bonchev–Trinajstić information content (AvgIpc) is 3.32. The van der Waals surface area contributed by atoms with Crippen molar-refractivity contribution in [3.05, 3.63) is 66.2 Å². The van der Waals surface area contributed by atoms with Crippen LogP contribution in [0.2, 0.25) is 0 Å². The van der Waals surface area contributed by atoms with E-state index in [-0.39, 0.29) is 17.9 Å². The van der Waals surface area contributed by atoms with Crippen molar-refractivity contribution in [2.24, 2.45) is 5.92 Å². The van der Waals surface area contributed by atoms with Crippen LogP contribution in [0.4, 0.5) is 5.69 Å². The Hall–Kier alpha value is -2.37. The number of benzene rings is 2. The Morgan fingerprint density at radius 1 is 1.00 bits per heavy atom. The zero-order valence-electron chi connectivity index (χ0n) is 13.4. The summed E-state index contributed by atoms with van der Waals surface area (Å²) in [6.07, 6.45) is 0. The van der Waals surface area contributed by atoms with Gasteiger partial charge in [-0.1, -0.05) is 48.5 Å². The molecule has 5 nitrogen and oxygen atoms in total. The topological polar surface area (TPSA) is 42.0 Å². The third-order valence-electron chi connectivity index (χ3n) is 4.56. The molecule has 124 valence electrons. The molecule has 0 aliphatic carbocycles. The SMILES string of the molecule is O=C([C@@H]1CON(c2ccccc2)[C@H]1c1ccccc1)N1CCOC1. The molecule has 2 atom stereocenters. The molecule has 2 aromatic rings. The van der Waals surface area contributed by atoms with E-state index >= 15 is 0 Å². The fourth-order valence-electron chi connectivity index (χ4n) is 3.35. The largest absolute Gasteiger partial charge is 0.359 e. The summed E-state index contributed by atoms with van der Waals surface area (Å²) < 4.78 is 5.34. The van der Waals surface area contributed by atoms with Gasteiger partial charge >= 0.3 is 0 Å². The molecule has 4 rings (SSSR count). The lowest BCUT2D eigenvalue weighted by Gasteiger charge is -2.28. The van der Waals surface area contributed by atoms with Crippen LogP contribution in [0, 0.1) is 5.92 Å². The molecule has 0 saturated carbocycles. The number of ether oxygens (including phenoxy) is 1. The second kappa shape index (κ2) is 6.63. The second-order valence-corrected chi connectivity index (χ2v) is 6.06. The highest BCUT2D eigenvalue weighted by atomic mass is 16.7. The van der Waals surface area contributed by atoms with Gasteiger partial charge in [0, 0.05) is 6.54 Å². The van der Waals surface area contributed by atoms with Gasteiger partial charge in [-0.25, -0.2) is 5.06 Å². The lowest BCUT2D eigenvalue weighted by Crippen LogP contribution is -2.38. The summed E-state index contributed by atoms with van der Waals surface area (Å²) in [6.45, 7) is 2.02. The molecule has 1 amide bonds. The van der Waals surface area contributed by atoms with Crippen molar-refractivity contribution in [3.8, 4) is 0 Å². The van der Waals surface area contributed by atoms with E-state index in [9.17, 15) is 4.79 Å². The summed E-state index contributed by atoms with van der Waals surface area (Å²) in [4.78, 5) is 20.7. The fourth-order valence-corrected chi connectivity index (χ4v) is 3.35. The van der Waals surface area contributed by atoms with E-state index in [4.69, 9.17) is 9.57 Å². The normalized spacial score (nSPS) is 23.7. The first kappa shape index (κ1) is 15.2. The maximum absolute atomic E-state index is 12.9. The van der Waals surface area contributed by atoms with Crippen LogP contribution >= 0.6 is 0 Å². The van der Waals surface area contributed by atoms with E-state index in [1.165, 1.54) is 0 Å². The van der Waals surface area contributed by atoms with Gasteiger partial charge in [0.2, 0.25) is 5.91 Å². The number of anilines is 1. The molecule has 0 aromatic heterocycles. The highest BCUT2D eigenvalue weighted by molar-refractivity contribution is 5.81. The lowest BCUT2D eigenvalue weighted by atomic mass is 9.92. The van der Waals surface area contributed by atoms with Gasteiger partial charge < -0.3 is 9.64 Å². The lowest BCUT2D eigenvalue weighted by molar-refractivity contribution is -0.136. The maximum atomic E-state index is 12.9. The van der Waals surface area contributed by atoms with Crippen molar-refractivity contribution >= 4 is 11.6 Å². The summed E-state index contributed by atoms with van der Waals surface area (Å²) in [7, 11) is 0. The Morgan fingerprint density at radius 2 is 1.71 bits per heavy atom. The molecular formula is C19H20N2O3. The molecule has 0 N–H and O–H groups in total. The predicted molar refractivity (Wildman–Crippen MR) is 90.1 cm³/mol. The summed E-state index contributed by atoms with van der Waals surface area (Å²) in [5, 5.41) is 1.87. The molecule has 24 heavy (non-hydrogen) atoms. The predicted octanol–water partition coefficient (Wildman–Crippen LogP) is 2.61. The molecular weight excluding hydrogens is 304 g/mol. The second-order valence-electron chi connectivity index (χ2n) is 6.06. The molecule has 2 aliphatic heterocycles. The number of hydroxylamine groups is 1. The Labute approximate surface area is 141 Å². The van der Waals surface area contributed by atoms with Crippen LogP contribution in [-0.2, 0) is 14.4 Å². The first-order valence-corrected chi connectivity index (χ1v) is 8.23. The summed E-state index contributed by atoms with van der Waals surface area (Å²) in [6, 6.07) is 19.9. The quantitative estimate of drug-likeness (QED) is 0.870. The highest BCUT2D eigenvalue weighted by Crippen LogP contribution is 2.39. The third kappa shape index (κ3) is 2.77. The molecule has 2 heterocycles. The number of rotatable bonds is 3. The van der Waals surface area contributed by atoms with E-state index in [2.05, 4.69) is 12.1 Å². The zero-order valence-corrected chi connectivity index (χ0v) is 13.4. The van der Waals surface area contributed by atoms with Crippen LogP contribution in [0.25, 0.3) is 0 Å². The minimum atomic E-state index is -0.241. The van der Waals surface area contributed by atoms with Crippen molar-refractivity contribution < 1.29 is 14.4 Å². The van der Waals surface area contributed by atoms with Crippen LogP contribution < -0.4 is 5.06 Å². The molecule has 2 aromatic carbocycles. The first-order valence-electron chi connectivity index (χ1n) is 8.23. The van der Waals surface area contributed by atoms with E-state index in [1.54, 1.807) is 4.90 Å². The summed E-state index contributed by atoms with van der Waals surface area (Å²) in [5.74, 6) is -0.144. The van der Waals surface area contributed by atoms with Crippen LogP contribution in [-0.4, -0.2) is 37.3 Å².